The summed E-state index contributed by atoms with van der Waals surface area (Å²) in [5, 5.41) is 13.6. The molecule has 0 saturated carbocycles. The highest BCUT2D eigenvalue weighted by atomic mass is 31.2. The van der Waals surface area contributed by atoms with Crippen molar-refractivity contribution >= 4 is 13.1 Å². The lowest BCUT2D eigenvalue weighted by atomic mass is 10.1. The topological polar surface area (TPSA) is 80.7 Å². The highest BCUT2D eigenvalue weighted by Gasteiger charge is 2.41. The Morgan fingerprint density at radius 3 is 2.71 bits per heavy atom. The molecule has 1 fully saturated rings. The Morgan fingerprint density at radius 2 is 2.11 bits per heavy atom. The van der Waals surface area contributed by atoms with Gasteiger partial charge >= 0.3 is 0 Å². The van der Waals surface area contributed by atoms with E-state index in [2.05, 4.69) is 10.3 Å². The SMILES string of the molecule is COc1cc(C(CNc2ccc(C)nc2C)P2(=O)CC[C@@H](C)O2)cc(C)c1O. The molecule has 0 spiro atoms. The van der Waals surface area contributed by atoms with Crippen LogP contribution < -0.4 is 10.1 Å². The number of nitrogens with one attached hydrogen (secondary N) is 1. The van der Waals surface area contributed by atoms with E-state index in [4.69, 9.17) is 9.26 Å². The number of phenols is 1. The molecule has 28 heavy (non-hydrogen) atoms. The zero-order chi connectivity index (χ0) is 20.5. The highest BCUT2D eigenvalue weighted by molar-refractivity contribution is 7.59. The van der Waals surface area contributed by atoms with Crippen LogP contribution in [0.3, 0.4) is 0 Å². The van der Waals surface area contributed by atoms with Crippen LogP contribution >= 0.6 is 7.37 Å². The van der Waals surface area contributed by atoms with Crippen LogP contribution in [0.1, 0.15) is 41.5 Å². The third-order valence-corrected chi connectivity index (χ3v) is 8.31. The Morgan fingerprint density at radius 1 is 1.36 bits per heavy atom. The third kappa shape index (κ3) is 4.18. The molecular formula is C21H29N2O4P. The fourth-order valence-corrected chi connectivity index (χ4v) is 6.66. The molecular weight excluding hydrogens is 375 g/mol. The van der Waals surface area contributed by atoms with Crippen LogP contribution in [-0.2, 0) is 9.09 Å². The quantitative estimate of drug-likeness (QED) is 0.663. The van der Waals surface area contributed by atoms with Gasteiger partial charge in [0, 0.05) is 18.4 Å². The van der Waals surface area contributed by atoms with Crippen LogP contribution in [0.25, 0.3) is 0 Å². The fraction of sp³-hybridized carbons (Fsp3) is 0.476. The number of phenolic OH excluding ortho intramolecular Hbond substituents is 1. The maximum absolute atomic E-state index is 13.7. The molecule has 1 saturated heterocycles. The fourth-order valence-electron chi connectivity index (χ4n) is 3.69. The molecule has 1 aromatic heterocycles. The summed E-state index contributed by atoms with van der Waals surface area (Å²) in [6, 6.07) is 7.58. The van der Waals surface area contributed by atoms with E-state index in [1.54, 1.807) is 6.07 Å². The number of aromatic hydroxyl groups is 1. The van der Waals surface area contributed by atoms with E-state index in [9.17, 15) is 9.67 Å². The first-order valence-electron chi connectivity index (χ1n) is 9.56. The molecule has 6 nitrogen and oxygen atoms in total. The van der Waals surface area contributed by atoms with E-state index in [0.717, 1.165) is 29.1 Å². The average molecular weight is 404 g/mol. The summed E-state index contributed by atoms with van der Waals surface area (Å²) in [7, 11) is -1.39. The van der Waals surface area contributed by atoms with Gasteiger partial charge in [0.2, 0.25) is 7.37 Å². The molecule has 2 N–H and O–H groups in total. The molecule has 1 aliphatic rings. The van der Waals surface area contributed by atoms with Crippen LogP contribution in [0.5, 0.6) is 11.5 Å². The standard InChI is InChI=1S/C21H29N2O4P/c1-13-10-17(11-19(26-5)21(13)24)20(28(25)9-8-15(3)27-28)12-22-18-7-6-14(2)23-16(18)4/h6-7,10-11,15,20,22,24H,8-9,12H2,1-5H3/t15-,20?,28?/m1/s1. The first-order valence-corrected chi connectivity index (χ1v) is 11.4. The highest BCUT2D eigenvalue weighted by Crippen LogP contribution is 2.65. The Kier molecular flexibility index (Phi) is 6.01. The van der Waals surface area contributed by atoms with Gasteiger partial charge in [-0.25, -0.2) is 0 Å². The number of aromatic nitrogens is 1. The van der Waals surface area contributed by atoms with Crippen LogP contribution in [0.2, 0.25) is 0 Å². The molecule has 3 atom stereocenters. The van der Waals surface area contributed by atoms with E-state index in [1.165, 1.54) is 7.11 Å². The Bertz CT molecular complexity index is 916. The Balaban J connectivity index is 1.96. The average Bonchev–Trinajstić information content (AvgIpc) is 2.99. The van der Waals surface area contributed by atoms with Gasteiger partial charge in [-0.3, -0.25) is 9.55 Å². The minimum atomic E-state index is -2.91. The Labute approximate surface area is 166 Å². The summed E-state index contributed by atoms with van der Waals surface area (Å²) in [6.45, 7) is 8.13. The van der Waals surface area contributed by atoms with E-state index >= 15 is 0 Å². The van der Waals surface area contributed by atoms with Crippen molar-refractivity contribution in [1.82, 2.24) is 4.98 Å². The second-order valence-electron chi connectivity index (χ2n) is 7.53. The maximum atomic E-state index is 13.7. The molecule has 1 aliphatic heterocycles. The van der Waals surface area contributed by atoms with Crippen molar-refractivity contribution in [2.24, 2.45) is 0 Å². The van der Waals surface area contributed by atoms with Crippen molar-refractivity contribution < 1.29 is 18.9 Å². The lowest BCUT2D eigenvalue weighted by Gasteiger charge is -2.26. The number of rotatable bonds is 6. The van der Waals surface area contributed by atoms with Gasteiger partial charge in [0.25, 0.3) is 0 Å². The van der Waals surface area contributed by atoms with Crippen molar-refractivity contribution in [2.45, 2.75) is 45.9 Å². The van der Waals surface area contributed by atoms with Crippen molar-refractivity contribution in [3.8, 4) is 11.5 Å². The van der Waals surface area contributed by atoms with Gasteiger partial charge in [0.05, 0.1) is 30.3 Å². The zero-order valence-corrected chi connectivity index (χ0v) is 18.0. The van der Waals surface area contributed by atoms with E-state index in [-0.39, 0.29) is 17.5 Å². The van der Waals surface area contributed by atoms with Gasteiger partial charge in [-0.15, -0.1) is 0 Å². The lowest BCUT2D eigenvalue weighted by Crippen LogP contribution is -2.16. The second-order valence-corrected chi connectivity index (χ2v) is 10.3. The number of pyridine rings is 1. The number of nitrogens with zero attached hydrogens (tertiary/aromatic N) is 1. The summed E-state index contributed by atoms with van der Waals surface area (Å²) in [4.78, 5) is 4.49. The molecule has 2 unspecified atom stereocenters. The monoisotopic (exact) mass is 404 g/mol. The smallest absolute Gasteiger partial charge is 0.212 e. The summed E-state index contributed by atoms with van der Waals surface area (Å²) in [5.74, 6) is 0.488. The Hall–Kier alpha value is -2.04. The van der Waals surface area contributed by atoms with Crippen molar-refractivity contribution in [3.05, 3.63) is 46.8 Å². The van der Waals surface area contributed by atoms with Crippen LogP contribution in [0.4, 0.5) is 5.69 Å². The van der Waals surface area contributed by atoms with Gasteiger partial charge in [0.1, 0.15) is 0 Å². The molecule has 1 aromatic carbocycles. The number of aryl methyl sites for hydroxylation is 3. The summed E-state index contributed by atoms with van der Waals surface area (Å²) < 4.78 is 25.0. The summed E-state index contributed by atoms with van der Waals surface area (Å²) in [6.07, 6.45) is 1.32. The lowest BCUT2D eigenvalue weighted by molar-refractivity contribution is 0.250. The second kappa shape index (κ2) is 8.14. The number of anilines is 1. The molecule has 3 rings (SSSR count). The molecule has 0 aliphatic carbocycles. The van der Waals surface area contributed by atoms with E-state index in [1.807, 2.05) is 45.9 Å². The minimum absolute atomic E-state index is 0.0174. The molecule has 152 valence electrons. The number of hydrogen-bond donors (Lipinski definition) is 2. The first kappa shape index (κ1) is 20.7. The molecule has 7 heteroatoms. The minimum Gasteiger partial charge on any atom is -0.504 e. The molecule has 0 amide bonds. The molecule has 2 aromatic rings. The maximum Gasteiger partial charge on any atom is 0.212 e. The predicted molar refractivity (Wildman–Crippen MR) is 112 cm³/mol. The number of benzene rings is 1. The van der Waals surface area contributed by atoms with Gasteiger partial charge in [-0.05, 0) is 63.4 Å². The molecule has 2 heterocycles. The summed E-state index contributed by atoms with van der Waals surface area (Å²) in [5.41, 5.74) is 3.96. The van der Waals surface area contributed by atoms with Crippen molar-refractivity contribution in [1.29, 1.82) is 0 Å². The van der Waals surface area contributed by atoms with Crippen molar-refractivity contribution in [3.63, 3.8) is 0 Å². The van der Waals surface area contributed by atoms with Crippen molar-refractivity contribution in [2.75, 3.05) is 25.1 Å². The van der Waals surface area contributed by atoms with Crippen LogP contribution in [0, 0.1) is 20.8 Å². The molecule has 0 bridgehead atoms. The van der Waals surface area contributed by atoms with Gasteiger partial charge in [-0.2, -0.15) is 0 Å². The van der Waals surface area contributed by atoms with E-state index < -0.39 is 7.37 Å². The zero-order valence-electron chi connectivity index (χ0n) is 17.2. The van der Waals surface area contributed by atoms with Gasteiger partial charge in [0.15, 0.2) is 11.5 Å². The van der Waals surface area contributed by atoms with Gasteiger partial charge in [-0.1, -0.05) is 6.07 Å². The van der Waals surface area contributed by atoms with Gasteiger partial charge < -0.3 is 19.7 Å². The first-order chi connectivity index (χ1) is 13.2. The summed E-state index contributed by atoms with van der Waals surface area (Å²) >= 11 is 0. The van der Waals surface area contributed by atoms with Crippen LogP contribution in [0.15, 0.2) is 24.3 Å². The third-order valence-electron chi connectivity index (χ3n) is 5.28. The van der Waals surface area contributed by atoms with Crippen LogP contribution in [-0.4, -0.2) is 36.0 Å². The van der Waals surface area contributed by atoms with E-state index in [0.29, 0.717) is 24.0 Å². The normalized spacial score (nSPS) is 22.8. The number of methoxy groups -OCH3 is 1. The number of ether oxygens (including phenoxy) is 1. The predicted octanol–water partition coefficient (Wildman–Crippen LogP) is 4.96. The number of hydrogen-bond acceptors (Lipinski definition) is 6. The molecule has 0 radical (unpaired) electrons. The largest absolute Gasteiger partial charge is 0.504 e.